The number of para-hydroxylation sites is 2. The minimum absolute atomic E-state index is 0.0400. The third-order valence-corrected chi connectivity index (χ3v) is 9.17. The zero-order valence-corrected chi connectivity index (χ0v) is 25.1. The van der Waals surface area contributed by atoms with Gasteiger partial charge in [0, 0.05) is 49.4 Å². The Labute approximate surface area is 250 Å². The van der Waals surface area contributed by atoms with Crippen molar-refractivity contribution in [1.29, 1.82) is 0 Å². The van der Waals surface area contributed by atoms with Crippen LogP contribution in [0.4, 0.5) is 11.5 Å². The van der Waals surface area contributed by atoms with Gasteiger partial charge in [0.15, 0.2) is 5.58 Å². The van der Waals surface area contributed by atoms with Gasteiger partial charge >= 0.3 is 0 Å². The molecule has 42 heavy (non-hydrogen) atoms. The number of piperidine rings is 1. The molecule has 0 radical (unpaired) electrons. The van der Waals surface area contributed by atoms with E-state index < -0.39 is 6.04 Å². The van der Waals surface area contributed by atoms with Crippen LogP contribution in [0.15, 0.2) is 58.3 Å². The number of thiazole rings is 1. The second kappa shape index (κ2) is 12.6. The van der Waals surface area contributed by atoms with E-state index in [1.807, 2.05) is 30.5 Å². The molecule has 2 aliphatic heterocycles. The van der Waals surface area contributed by atoms with E-state index in [2.05, 4.69) is 56.3 Å². The summed E-state index contributed by atoms with van der Waals surface area (Å²) in [6, 6.07) is 14.9. The van der Waals surface area contributed by atoms with Crippen molar-refractivity contribution >= 4 is 45.6 Å². The summed E-state index contributed by atoms with van der Waals surface area (Å²) in [4.78, 5) is 43.3. The lowest BCUT2D eigenvalue weighted by atomic mass is 10.00. The van der Waals surface area contributed by atoms with Crippen molar-refractivity contribution in [3.63, 3.8) is 0 Å². The average molecular weight is 587 g/mol. The first-order valence-corrected chi connectivity index (χ1v) is 15.8. The van der Waals surface area contributed by atoms with E-state index in [1.54, 1.807) is 17.4 Å². The fourth-order valence-corrected chi connectivity index (χ4v) is 6.66. The first-order chi connectivity index (χ1) is 20.5. The lowest BCUT2D eigenvalue weighted by molar-refractivity contribution is -0.123. The molecule has 2 unspecified atom stereocenters. The predicted molar refractivity (Wildman–Crippen MR) is 167 cm³/mol. The Balaban J connectivity index is 1.15. The van der Waals surface area contributed by atoms with E-state index in [1.165, 1.54) is 5.69 Å². The monoisotopic (exact) mass is 586 g/mol. The van der Waals surface area contributed by atoms with E-state index in [9.17, 15) is 9.59 Å². The number of hydrogen-bond donors (Lipinski definition) is 1. The van der Waals surface area contributed by atoms with Gasteiger partial charge in [0.1, 0.15) is 22.4 Å². The van der Waals surface area contributed by atoms with Gasteiger partial charge in [-0.1, -0.05) is 25.5 Å². The zero-order valence-electron chi connectivity index (χ0n) is 24.3. The summed E-state index contributed by atoms with van der Waals surface area (Å²) in [5.41, 5.74) is 3.52. The number of piperazine rings is 1. The maximum absolute atomic E-state index is 13.7. The van der Waals surface area contributed by atoms with Gasteiger partial charge in [0.05, 0.1) is 6.04 Å². The number of nitrogens with one attached hydrogen (secondary N) is 1. The minimum atomic E-state index is -0.691. The Kier molecular flexibility index (Phi) is 8.53. The Morgan fingerprint density at radius 1 is 1.02 bits per heavy atom. The van der Waals surface area contributed by atoms with E-state index in [-0.39, 0.29) is 23.6 Å². The second-order valence-corrected chi connectivity index (χ2v) is 12.1. The molecule has 0 bridgehead atoms. The molecule has 4 aromatic rings. The standard InChI is InChI=1S/C32H38N6O3S/c1-3-8-25(29(39)31-34-24-9-4-5-11-27(24)41-31)33-30(40)26-10-6-7-16-38(26)28-21-42-32(35-28)22-12-14-23(15-13-22)37-19-17-36(2)18-20-37/h4-5,9,11-15,21,25-26H,3,6-8,10,16-20H2,1-2H3,(H,33,40). The van der Waals surface area contributed by atoms with Gasteiger partial charge in [-0.25, -0.2) is 9.97 Å². The molecule has 220 valence electrons. The molecule has 2 aliphatic rings. The fourth-order valence-electron chi connectivity index (χ4n) is 5.84. The minimum Gasteiger partial charge on any atom is -0.434 e. The number of rotatable bonds is 9. The lowest BCUT2D eigenvalue weighted by Crippen LogP contribution is -2.53. The number of nitrogens with zero attached hydrogens (tertiary/aromatic N) is 5. The van der Waals surface area contributed by atoms with Crippen LogP contribution in [0.5, 0.6) is 0 Å². The molecule has 2 aromatic heterocycles. The number of benzene rings is 2. The summed E-state index contributed by atoms with van der Waals surface area (Å²) in [6.07, 6.45) is 3.93. The number of ketones is 1. The maximum atomic E-state index is 13.7. The van der Waals surface area contributed by atoms with Crippen LogP contribution in [0.25, 0.3) is 21.7 Å². The van der Waals surface area contributed by atoms with Crippen molar-refractivity contribution in [1.82, 2.24) is 20.2 Å². The lowest BCUT2D eigenvalue weighted by Gasteiger charge is -2.35. The van der Waals surface area contributed by atoms with Crippen LogP contribution in [0.2, 0.25) is 0 Å². The Hall–Kier alpha value is -3.76. The average Bonchev–Trinajstić information content (AvgIpc) is 3.69. The summed E-state index contributed by atoms with van der Waals surface area (Å²) in [5, 5.41) is 6.03. The van der Waals surface area contributed by atoms with E-state index in [4.69, 9.17) is 9.40 Å². The SMILES string of the molecule is CCCC(NC(=O)C1CCCCN1c1csc(-c2ccc(N3CCN(C)CC3)cc2)n1)C(=O)c1nc2ccccc2o1. The predicted octanol–water partition coefficient (Wildman–Crippen LogP) is 5.23. The second-order valence-electron chi connectivity index (χ2n) is 11.3. The summed E-state index contributed by atoms with van der Waals surface area (Å²) in [7, 11) is 2.17. The summed E-state index contributed by atoms with van der Waals surface area (Å²) in [6.45, 7) is 6.98. The van der Waals surface area contributed by atoms with Crippen LogP contribution in [0.3, 0.4) is 0 Å². The van der Waals surface area contributed by atoms with Crippen molar-refractivity contribution in [3.05, 3.63) is 59.8 Å². The van der Waals surface area contributed by atoms with Gasteiger partial charge in [0.25, 0.3) is 5.89 Å². The topological polar surface area (TPSA) is 94.8 Å². The highest BCUT2D eigenvalue weighted by atomic mass is 32.1. The fraction of sp³-hybridized carbons (Fsp3) is 0.438. The highest BCUT2D eigenvalue weighted by Crippen LogP contribution is 2.32. The van der Waals surface area contributed by atoms with E-state index in [0.29, 0.717) is 23.9 Å². The molecule has 2 saturated heterocycles. The van der Waals surface area contributed by atoms with Gasteiger partial charge in [-0.3, -0.25) is 9.59 Å². The summed E-state index contributed by atoms with van der Waals surface area (Å²) < 4.78 is 5.73. The molecular formula is C32H38N6O3S. The molecule has 0 aliphatic carbocycles. The number of Topliss-reactive ketones (excluding diaryl/α,β-unsaturated/α-hetero) is 1. The van der Waals surface area contributed by atoms with Crippen molar-refractivity contribution in [2.75, 3.05) is 49.6 Å². The van der Waals surface area contributed by atoms with Crippen molar-refractivity contribution in [3.8, 4) is 10.6 Å². The van der Waals surface area contributed by atoms with Crippen LogP contribution in [-0.4, -0.2) is 78.4 Å². The Bertz CT molecular complexity index is 1490. The number of carbonyl (C=O) groups is 2. The molecule has 10 heteroatoms. The number of likely N-dealkylation sites (N-methyl/N-ethyl adjacent to an activating group) is 1. The zero-order chi connectivity index (χ0) is 29.1. The van der Waals surface area contributed by atoms with Crippen LogP contribution in [0.1, 0.15) is 49.7 Å². The number of aromatic nitrogens is 2. The van der Waals surface area contributed by atoms with E-state index >= 15 is 0 Å². The van der Waals surface area contributed by atoms with Crippen molar-refractivity contribution in [2.45, 2.75) is 51.1 Å². The van der Waals surface area contributed by atoms with Crippen LogP contribution in [0, 0.1) is 0 Å². The van der Waals surface area contributed by atoms with Crippen molar-refractivity contribution in [2.24, 2.45) is 0 Å². The molecule has 2 fully saturated rings. The smallest absolute Gasteiger partial charge is 0.266 e. The van der Waals surface area contributed by atoms with Crippen LogP contribution < -0.4 is 15.1 Å². The number of fused-ring (bicyclic) bond motifs is 1. The molecule has 2 atom stereocenters. The molecule has 1 N–H and O–H groups in total. The number of amides is 1. The third kappa shape index (κ3) is 6.05. The number of oxazole rings is 1. The summed E-state index contributed by atoms with van der Waals surface area (Å²) in [5.74, 6) is 0.414. The largest absolute Gasteiger partial charge is 0.434 e. The number of carbonyl (C=O) groups excluding carboxylic acids is 2. The Morgan fingerprint density at radius 2 is 1.81 bits per heavy atom. The van der Waals surface area contributed by atoms with Crippen LogP contribution in [-0.2, 0) is 4.79 Å². The Morgan fingerprint density at radius 3 is 2.57 bits per heavy atom. The van der Waals surface area contributed by atoms with Crippen LogP contribution >= 0.6 is 11.3 Å². The summed E-state index contributed by atoms with van der Waals surface area (Å²) >= 11 is 1.60. The highest BCUT2D eigenvalue weighted by Gasteiger charge is 2.34. The van der Waals surface area contributed by atoms with Gasteiger partial charge in [-0.15, -0.1) is 11.3 Å². The number of hydrogen-bond acceptors (Lipinski definition) is 9. The van der Waals surface area contributed by atoms with Gasteiger partial charge in [-0.05, 0) is 69.1 Å². The van der Waals surface area contributed by atoms with Gasteiger partial charge in [-0.2, -0.15) is 0 Å². The highest BCUT2D eigenvalue weighted by molar-refractivity contribution is 7.13. The van der Waals surface area contributed by atoms with E-state index in [0.717, 1.165) is 68.4 Å². The molecule has 9 nitrogen and oxygen atoms in total. The molecule has 4 heterocycles. The third-order valence-electron chi connectivity index (χ3n) is 8.29. The molecule has 1 amide bonds. The first kappa shape index (κ1) is 28.4. The molecule has 0 saturated carbocycles. The molecule has 0 spiro atoms. The molecule has 6 rings (SSSR count). The van der Waals surface area contributed by atoms with Crippen molar-refractivity contribution < 1.29 is 14.0 Å². The van der Waals surface area contributed by atoms with Gasteiger partial charge in [0.2, 0.25) is 11.7 Å². The molecular weight excluding hydrogens is 548 g/mol. The molecule has 2 aromatic carbocycles. The van der Waals surface area contributed by atoms with Gasteiger partial charge < -0.3 is 24.4 Å². The maximum Gasteiger partial charge on any atom is 0.266 e. The first-order valence-electron chi connectivity index (χ1n) is 15.0. The number of anilines is 2. The quantitative estimate of drug-likeness (QED) is 0.267. The normalized spacial score (nSPS) is 18.8.